The monoisotopic (exact) mass is 465 g/mol. The van der Waals surface area contributed by atoms with E-state index < -0.39 is 4.92 Å². The number of rotatable bonds is 5. The molecule has 2 aromatic carbocycles. The van der Waals surface area contributed by atoms with Gasteiger partial charge < -0.3 is 0 Å². The number of thioether (sulfide) groups is 2. The van der Waals surface area contributed by atoms with Gasteiger partial charge in [-0.1, -0.05) is 41.0 Å². The largest absolute Gasteiger partial charge is 0.272 e. The summed E-state index contributed by atoms with van der Waals surface area (Å²) in [5, 5.41) is 12.4. The van der Waals surface area contributed by atoms with Crippen LogP contribution in [0.5, 0.6) is 0 Å². The zero-order valence-electron chi connectivity index (χ0n) is 14.8. The Morgan fingerprint density at radius 3 is 2.62 bits per heavy atom. The summed E-state index contributed by atoms with van der Waals surface area (Å²) < 4.78 is 1.52. The number of nitro benzene ring substituents is 1. The molecule has 0 N–H and O–H groups in total. The van der Waals surface area contributed by atoms with Crippen molar-refractivity contribution in [2.24, 2.45) is 0 Å². The van der Waals surface area contributed by atoms with E-state index in [1.807, 2.05) is 6.07 Å². The van der Waals surface area contributed by atoms with Crippen LogP contribution in [0.1, 0.15) is 11.3 Å². The van der Waals surface area contributed by atoms with Crippen LogP contribution in [0.3, 0.4) is 0 Å². The minimum Gasteiger partial charge on any atom is -0.268 e. The molecular weight excluding hydrogens is 453 g/mol. The van der Waals surface area contributed by atoms with Crippen molar-refractivity contribution < 1.29 is 4.92 Å². The quantitative estimate of drug-likeness (QED) is 0.217. The van der Waals surface area contributed by atoms with Crippen molar-refractivity contribution in [2.45, 2.75) is 22.2 Å². The van der Waals surface area contributed by atoms with Crippen molar-refractivity contribution in [1.29, 1.82) is 0 Å². The van der Waals surface area contributed by atoms with Crippen LogP contribution in [0.4, 0.5) is 5.69 Å². The number of halogens is 2. The molecule has 0 atom stereocenters. The molecule has 0 bridgehead atoms. The Labute approximate surface area is 184 Å². The van der Waals surface area contributed by atoms with E-state index in [2.05, 4.69) is 0 Å². The highest BCUT2D eigenvalue weighted by Crippen LogP contribution is 2.32. The maximum absolute atomic E-state index is 13.1. The number of hydrogen-bond acceptors (Lipinski definition) is 6. The lowest BCUT2D eigenvalue weighted by Crippen LogP contribution is -2.23. The molecule has 3 aromatic rings. The number of aryl methyl sites for hydroxylation is 1. The summed E-state index contributed by atoms with van der Waals surface area (Å²) in [7, 11) is 0. The second-order valence-electron chi connectivity index (χ2n) is 6.22. The van der Waals surface area contributed by atoms with Gasteiger partial charge >= 0.3 is 0 Å². The first-order chi connectivity index (χ1) is 13.9. The van der Waals surface area contributed by atoms with E-state index in [1.54, 1.807) is 24.3 Å². The Hall–Kier alpha value is -2.00. The average molecular weight is 466 g/mol. The van der Waals surface area contributed by atoms with E-state index in [4.69, 9.17) is 28.2 Å². The summed E-state index contributed by atoms with van der Waals surface area (Å²) in [4.78, 5) is 29.0. The van der Waals surface area contributed by atoms with Crippen molar-refractivity contribution in [1.82, 2.24) is 9.55 Å². The molecule has 1 aliphatic rings. The molecule has 148 valence electrons. The van der Waals surface area contributed by atoms with Crippen LogP contribution < -0.4 is 5.56 Å². The lowest BCUT2D eigenvalue weighted by atomic mass is 10.2. The number of fused-ring (bicyclic) bond motifs is 1. The van der Waals surface area contributed by atoms with Crippen LogP contribution in [0, 0.1) is 10.1 Å². The van der Waals surface area contributed by atoms with Gasteiger partial charge in [0.05, 0.1) is 31.2 Å². The fourth-order valence-electron chi connectivity index (χ4n) is 2.92. The molecule has 0 unspecified atom stereocenters. The van der Waals surface area contributed by atoms with Crippen LogP contribution in [-0.4, -0.2) is 20.2 Å². The lowest BCUT2D eigenvalue weighted by Gasteiger charge is -2.14. The summed E-state index contributed by atoms with van der Waals surface area (Å²) >= 11 is 15.0. The predicted molar refractivity (Wildman–Crippen MR) is 117 cm³/mol. The van der Waals surface area contributed by atoms with E-state index >= 15 is 0 Å². The van der Waals surface area contributed by atoms with Gasteiger partial charge in [-0.05, 0) is 29.8 Å². The standard InChI is InChI=1S/C19H13Cl2N3O3S2/c20-14-6-1-11(9-15(14)21)10-29-19-22-16-7-8-28-17(16)18(25)23(19)12-2-4-13(5-3-12)24(26)27/h1-6,9H,7-8,10H2. The van der Waals surface area contributed by atoms with Crippen molar-refractivity contribution in [3.8, 4) is 5.69 Å². The Balaban J connectivity index is 1.74. The van der Waals surface area contributed by atoms with Gasteiger partial charge in [-0.3, -0.25) is 19.5 Å². The molecule has 0 radical (unpaired) electrons. The highest BCUT2D eigenvalue weighted by Gasteiger charge is 2.23. The van der Waals surface area contributed by atoms with Crippen molar-refractivity contribution in [3.63, 3.8) is 0 Å². The van der Waals surface area contributed by atoms with Crippen LogP contribution >= 0.6 is 46.7 Å². The number of non-ortho nitro benzene ring substituents is 1. The fourth-order valence-corrected chi connectivity index (χ4v) is 5.23. The number of nitrogens with zero attached hydrogens (tertiary/aromatic N) is 3. The summed E-state index contributed by atoms with van der Waals surface area (Å²) in [6.45, 7) is 0. The second kappa shape index (κ2) is 8.39. The molecule has 2 heterocycles. The molecular formula is C19H13Cl2N3O3S2. The molecule has 29 heavy (non-hydrogen) atoms. The van der Waals surface area contributed by atoms with Gasteiger partial charge in [-0.2, -0.15) is 0 Å². The Bertz CT molecular complexity index is 1170. The summed E-state index contributed by atoms with van der Waals surface area (Å²) in [5.74, 6) is 1.36. The minimum atomic E-state index is -0.469. The molecule has 0 saturated carbocycles. The third-order valence-corrected chi connectivity index (χ3v) is 7.19. The van der Waals surface area contributed by atoms with Crippen molar-refractivity contribution >= 4 is 52.4 Å². The molecule has 4 rings (SSSR count). The highest BCUT2D eigenvalue weighted by atomic mass is 35.5. The third-order valence-electron chi connectivity index (χ3n) is 4.34. The van der Waals surface area contributed by atoms with Crippen LogP contribution in [-0.2, 0) is 12.2 Å². The van der Waals surface area contributed by atoms with Crippen LogP contribution in [0.15, 0.2) is 57.3 Å². The van der Waals surface area contributed by atoms with E-state index in [-0.39, 0.29) is 11.2 Å². The predicted octanol–water partition coefficient (Wildman–Crippen LogP) is 5.39. The molecule has 1 aliphatic heterocycles. The Morgan fingerprint density at radius 1 is 1.17 bits per heavy atom. The van der Waals surface area contributed by atoms with Gasteiger partial charge in [0.1, 0.15) is 0 Å². The number of aromatic nitrogens is 2. The van der Waals surface area contributed by atoms with Crippen molar-refractivity contribution in [2.75, 3.05) is 5.75 Å². The fraction of sp³-hybridized carbons (Fsp3) is 0.158. The molecule has 10 heteroatoms. The Morgan fingerprint density at radius 2 is 1.93 bits per heavy atom. The number of nitro groups is 1. The van der Waals surface area contributed by atoms with E-state index in [9.17, 15) is 14.9 Å². The molecule has 6 nitrogen and oxygen atoms in total. The number of hydrogen-bond donors (Lipinski definition) is 0. The SMILES string of the molecule is O=c1c2c(nc(SCc3ccc(Cl)c(Cl)c3)n1-c1ccc([N+](=O)[O-])cc1)CCS2. The van der Waals surface area contributed by atoms with Gasteiger partial charge in [0.15, 0.2) is 5.16 Å². The van der Waals surface area contributed by atoms with Gasteiger partial charge in [0.2, 0.25) is 0 Å². The summed E-state index contributed by atoms with van der Waals surface area (Å²) in [6, 6.07) is 11.3. The third kappa shape index (κ3) is 4.16. The van der Waals surface area contributed by atoms with Crippen LogP contribution in [0.25, 0.3) is 5.69 Å². The normalized spacial score (nSPS) is 12.8. The second-order valence-corrected chi connectivity index (χ2v) is 9.08. The van der Waals surface area contributed by atoms with Gasteiger partial charge in [-0.25, -0.2) is 4.98 Å². The average Bonchev–Trinajstić information content (AvgIpc) is 3.18. The first-order valence-electron chi connectivity index (χ1n) is 8.54. The van der Waals surface area contributed by atoms with Gasteiger partial charge in [-0.15, -0.1) is 11.8 Å². The zero-order valence-corrected chi connectivity index (χ0v) is 17.9. The van der Waals surface area contributed by atoms with Crippen LogP contribution in [0.2, 0.25) is 10.0 Å². The molecule has 0 fully saturated rings. The maximum atomic E-state index is 13.1. The smallest absolute Gasteiger partial charge is 0.268 e. The summed E-state index contributed by atoms with van der Waals surface area (Å²) in [5.41, 5.74) is 2.11. The summed E-state index contributed by atoms with van der Waals surface area (Å²) in [6.07, 6.45) is 0.747. The van der Waals surface area contributed by atoms with Gasteiger partial charge in [0.25, 0.3) is 11.2 Å². The lowest BCUT2D eigenvalue weighted by molar-refractivity contribution is -0.384. The van der Waals surface area contributed by atoms with Crippen molar-refractivity contribution in [3.05, 3.63) is 84.2 Å². The van der Waals surface area contributed by atoms with Gasteiger partial charge in [0, 0.05) is 30.1 Å². The topological polar surface area (TPSA) is 78.0 Å². The molecule has 0 amide bonds. The first kappa shape index (κ1) is 20.3. The molecule has 1 aromatic heterocycles. The molecule has 0 aliphatic carbocycles. The number of benzene rings is 2. The zero-order chi connectivity index (χ0) is 20.5. The van der Waals surface area contributed by atoms with E-state index in [1.165, 1.54) is 40.2 Å². The molecule has 0 spiro atoms. The first-order valence-corrected chi connectivity index (χ1v) is 11.3. The maximum Gasteiger partial charge on any atom is 0.272 e. The molecule has 0 saturated heterocycles. The Kier molecular flexibility index (Phi) is 5.87. The van der Waals surface area contributed by atoms with E-state index in [0.717, 1.165) is 23.4 Å². The van der Waals surface area contributed by atoms with E-state index in [0.29, 0.717) is 31.5 Å². The highest BCUT2D eigenvalue weighted by molar-refractivity contribution is 7.99. The minimum absolute atomic E-state index is 0.0321.